The van der Waals surface area contributed by atoms with Gasteiger partial charge in [0.25, 0.3) is 5.91 Å². The molecule has 2 aromatic heterocycles. The van der Waals surface area contributed by atoms with E-state index in [2.05, 4.69) is 9.78 Å². The van der Waals surface area contributed by atoms with E-state index in [9.17, 15) is 4.79 Å². The van der Waals surface area contributed by atoms with Crippen molar-refractivity contribution in [2.24, 2.45) is 0 Å². The van der Waals surface area contributed by atoms with Crippen molar-refractivity contribution < 1.29 is 4.79 Å². The lowest BCUT2D eigenvalue weighted by molar-refractivity contribution is 0.0710. The Morgan fingerprint density at radius 3 is 3.00 bits per heavy atom. The van der Waals surface area contributed by atoms with Gasteiger partial charge >= 0.3 is 0 Å². The summed E-state index contributed by atoms with van der Waals surface area (Å²) in [5, 5.41) is 4.66. The average molecular weight is 308 g/mol. The van der Waals surface area contributed by atoms with Crippen LogP contribution in [0.5, 0.6) is 0 Å². The molecule has 0 unspecified atom stereocenters. The molecule has 1 amide bonds. The molecule has 0 atom stereocenters. The fourth-order valence-corrected chi connectivity index (χ4v) is 4.12. The van der Waals surface area contributed by atoms with Gasteiger partial charge in [-0.2, -0.15) is 5.10 Å². The molecule has 4 rings (SSSR count). The second kappa shape index (κ2) is 4.60. The van der Waals surface area contributed by atoms with Gasteiger partial charge < -0.3 is 4.90 Å². The predicted molar refractivity (Wildman–Crippen MR) is 78.3 cm³/mol. The molecule has 0 bridgehead atoms. The summed E-state index contributed by atoms with van der Waals surface area (Å²) in [6, 6.07) is 3.59. The van der Waals surface area contributed by atoms with Gasteiger partial charge in [-0.1, -0.05) is 11.6 Å². The lowest BCUT2D eigenvalue weighted by atomic mass is 10.1. The summed E-state index contributed by atoms with van der Waals surface area (Å²) >= 11 is 7.27. The number of carbonyl (C=O) groups is 1. The number of carbonyl (C=O) groups excluding carboxylic acids is 1. The molecule has 0 fully saturated rings. The van der Waals surface area contributed by atoms with Gasteiger partial charge in [0.05, 0.1) is 33.7 Å². The van der Waals surface area contributed by atoms with Crippen LogP contribution in [0.2, 0.25) is 4.34 Å². The summed E-state index contributed by atoms with van der Waals surface area (Å²) in [6.45, 7) is 2.20. The minimum atomic E-state index is 0.0843. The lowest BCUT2D eigenvalue weighted by Gasteiger charge is -2.28. The molecule has 4 nitrogen and oxygen atoms in total. The van der Waals surface area contributed by atoms with Crippen LogP contribution in [0.1, 0.15) is 33.0 Å². The summed E-state index contributed by atoms with van der Waals surface area (Å²) < 4.78 is 2.76. The molecular weight excluding hydrogens is 294 g/mol. The van der Waals surface area contributed by atoms with Gasteiger partial charge in [-0.05, 0) is 37.0 Å². The van der Waals surface area contributed by atoms with Gasteiger partial charge in [-0.25, -0.2) is 0 Å². The molecule has 0 radical (unpaired) electrons. The lowest BCUT2D eigenvalue weighted by Crippen LogP contribution is -2.38. The predicted octanol–water partition coefficient (Wildman–Crippen LogP) is 2.74. The maximum atomic E-state index is 12.5. The number of halogens is 1. The molecule has 2 aliphatic rings. The Morgan fingerprint density at radius 2 is 2.20 bits per heavy atom. The van der Waals surface area contributed by atoms with E-state index < -0.39 is 0 Å². The highest BCUT2D eigenvalue weighted by molar-refractivity contribution is 7.17. The zero-order valence-corrected chi connectivity index (χ0v) is 12.5. The summed E-state index contributed by atoms with van der Waals surface area (Å²) in [7, 11) is 0. The quantitative estimate of drug-likeness (QED) is 0.812. The van der Waals surface area contributed by atoms with Crippen molar-refractivity contribution in [2.45, 2.75) is 32.4 Å². The van der Waals surface area contributed by atoms with Crippen LogP contribution in [-0.4, -0.2) is 27.1 Å². The smallest absolute Gasteiger partial charge is 0.264 e. The summed E-state index contributed by atoms with van der Waals surface area (Å²) in [6.07, 6.45) is 3.39. The second-order valence-electron chi connectivity index (χ2n) is 5.28. The number of aromatic nitrogens is 2. The number of aryl methyl sites for hydroxylation is 1. The summed E-state index contributed by atoms with van der Waals surface area (Å²) in [5.74, 6) is 0.0843. The van der Waals surface area contributed by atoms with Gasteiger partial charge in [0, 0.05) is 6.54 Å². The molecule has 0 aromatic carbocycles. The van der Waals surface area contributed by atoms with Crippen molar-refractivity contribution in [1.82, 2.24) is 14.7 Å². The van der Waals surface area contributed by atoms with Crippen LogP contribution in [0.3, 0.4) is 0 Å². The van der Waals surface area contributed by atoms with Gasteiger partial charge in [0.2, 0.25) is 0 Å². The van der Waals surface area contributed by atoms with E-state index in [4.69, 9.17) is 11.6 Å². The molecule has 0 N–H and O–H groups in total. The van der Waals surface area contributed by atoms with Crippen LogP contribution in [0.15, 0.2) is 12.1 Å². The fraction of sp³-hybridized carbons (Fsp3) is 0.429. The Labute approximate surface area is 126 Å². The highest BCUT2D eigenvalue weighted by Crippen LogP contribution is 2.29. The van der Waals surface area contributed by atoms with E-state index in [1.807, 2.05) is 11.0 Å². The first-order valence-corrected chi connectivity index (χ1v) is 8.04. The molecule has 6 heteroatoms. The number of amides is 1. The summed E-state index contributed by atoms with van der Waals surface area (Å²) in [5.41, 5.74) is 3.86. The van der Waals surface area contributed by atoms with E-state index in [0.29, 0.717) is 10.9 Å². The van der Waals surface area contributed by atoms with Gasteiger partial charge in [-0.15, -0.1) is 11.3 Å². The maximum absolute atomic E-state index is 12.5. The number of hydrogen-bond acceptors (Lipinski definition) is 3. The molecule has 0 saturated heterocycles. The molecule has 1 aliphatic heterocycles. The summed E-state index contributed by atoms with van der Waals surface area (Å²) in [4.78, 5) is 15.1. The van der Waals surface area contributed by atoms with E-state index in [1.165, 1.54) is 34.7 Å². The standard InChI is InChI=1S/C14H14ClN3OS/c15-13-5-4-12(20-13)14(19)17-6-7-18-11(8-17)9-2-1-3-10(9)16-18/h4-5H,1-3,6-8H2. The molecule has 0 spiro atoms. The minimum Gasteiger partial charge on any atom is -0.330 e. The first-order valence-electron chi connectivity index (χ1n) is 6.84. The number of rotatable bonds is 1. The van der Waals surface area contributed by atoms with Gasteiger partial charge in [0.1, 0.15) is 0 Å². The number of nitrogens with zero attached hydrogens (tertiary/aromatic N) is 3. The van der Waals surface area contributed by atoms with Crippen molar-refractivity contribution >= 4 is 28.8 Å². The normalized spacial score (nSPS) is 17.1. The van der Waals surface area contributed by atoms with Crippen molar-refractivity contribution in [3.05, 3.63) is 38.3 Å². The Balaban J connectivity index is 1.62. The van der Waals surface area contributed by atoms with E-state index in [0.717, 1.165) is 30.8 Å². The van der Waals surface area contributed by atoms with Crippen LogP contribution >= 0.6 is 22.9 Å². The Hall–Kier alpha value is -1.33. The van der Waals surface area contributed by atoms with Crippen molar-refractivity contribution in [3.63, 3.8) is 0 Å². The van der Waals surface area contributed by atoms with Gasteiger partial charge in [0.15, 0.2) is 0 Å². The van der Waals surface area contributed by atoms with Crippen LogP contribution < -0.4 is 0 Å². The van der Waals surface area contributed by atoms with Crippen molar-refractivity contribution in [1.29, 1.82) is 0 Å². The Kier molecular flexibility index (Phi) is 2.86. The monoisotopic (exact) mass is 307 g/mol. The molecule has 3 heterocycles. The van der Waals surface area contributed by atoms with Crippen LogP contribution in [0, 0.1) is 0 Å². The largest absolute Gasteiger partial charge is 0.330 e. The second-order valence-corrected chi connectivity index (χ2v) is 6.99. The maximum Gasteiger partial charge on any atom is 0.264 e. The van der Waals surface area contributed by atoms with Crippen LogP contribution in [0.4, 0.5) is 0 Å². The topological polar surface area (TPSA) is 38.1 Å². The Morgan fingerprint density at radius 1 is 1.30 bits per heavy atom. The third-order valence-electron chi connectivity index (χ3n) is 4.08. The number of fused-ring (bicyclic) bond motifs is 3. The fourth-order valence-electron chi connectivity index (χ4n) is 3.11. The Bertz CT molecular complexity index is 691. The van der Waals surface area contributed by atoms with E-state index in [-0.39, 0.29) is 5.91 Å². The van der Waals surface area contributed by atoms with E-state index in [1.54, 1.807) is 6.07 Å². The van der Waals surface area contributed by atoms with Crippen molar-refractivity contribution in [3.8, 4) is 0 Å². The number of thiophene rings is 1. The van der Waals surface area contributed by atoms with Crippen LogP contribution in [0.25, 0.3) is 0 Å². The molecular formula is C14H14ClN3OS. The molecule has 1 aliphatic carbocycles. The first kappa shape index (κ1) is 12.4. The van der Waals surface area contributed by atoms with Crippen LogP contribution in [-0.2, 0) is 25.9 Å². The molecule has 20 heavy (non-hydrogen) atoms. The first-order chi connectivity index (χ1) is 9.72. The third kappa shape index (κ3) is 1.88. The molecule has 2 aromatic rings. The van der Waals surface area contributed by atoms with Crippen molar-refractivity contribution in [2.75, 3.05) is 6.54 Å². The highest BCUT2D eigenvalue weighted by Gasteiger charge is 2.29. The molecule has 104 valence electrons. The minimum absolute atomic E-state index is 0.0843. The SMILES string of the molecule is O=C(c1ccc(Cl)s1)N1CCn2nc3c(c2C1)CCC3. The average Bonchev–Trinajstić information content (AvgIpc) is 3.12. The number of hydrogen-bond donors (Lipinski definition) is 0. The van der Waals surface area contributed by atoms with E-state index >= 15 is 0 Å². The zero-order valence-electron chi connectivity index (χ0n) is 10.9. The van der Waals surface area contributed by atoms with Gasteiger partial charge in [-0.3, -0.25) is 9.48 Å². The zero-order chi connectivity index (χ0) is 13.7. The molecule has 0 saturated carbocycles. The third-order valence-corrected chi connectivity index (χ3v) is 5.30. The highest BCUT2D eigenvalue weighted by atomic mass is 35.5.